The number of hydrogen-bond acceptors (Lipinski definition) is 2. The number of aryl methyl sites for hydroxylation is 1. The summed E-state index contributed by atoms with van der Waals surface area (Å²) in [6, 6.07) is 9.89. The summed E-state index contributed by atoms with van der Waals surface area (Å²) in [6.45, 7) is 1.99. The average molecular weight is 222 g/mol. The highest BCUT2D eigenvalue weighted by atomic mass is 14.7. The molecule has 0 spiro atoms. The molecule has 0 radical (unpaired) electrons. The molecule has 84 valence electrons. The highest BCUT2D eigenvalue weighted by molar-refractivity contribution is 5.55. The second kappa shape index (κ2) is 5.75. The average Bonchev–Trinajstić information content (AvgIpc) is 2.36. The van der Waals surface area contributed by atoms with Crippen molar-refractivity contribution in [2.75, 3.05) is 0 Å². The lowest BCUT2D eigenvalue weighted by atomic mass is 10.2. The van der Waals surface area contributed by atoms with Gasteiger partial charge in [-0.25, -0.2) is 0 Å². The molecular weight excluding hydrogens is 208 g/mol. The number of allylic oxidation sites excluding steroid dienone is 2. The molecule has 0 aliphatic heterocycles. The minimum atomic E-state index is 0.961. The fourth-order valence-electron chi connectivity index (χ4n) is 1.47. The first-order valence-electron chi connectivity index (χ1n) is 5.53. The van der Waals surface area contributed by atoms with Crippen LogP contribution in [0.15, 0.2) is 54.9 Å². The van der Waals surface area contributed by atoms with Crippen LogP contribution in [0.4, 0.5) is 0 Å². The van der Waals surface area contributed by atoms with E-state index in [0.29, 0.717) is 0 Å². The highest BCUT2D eigenvalue weighted by Crippen LogP contribution is 2.04. The third kappa shape index (κ3) is 3.68. The summed E-state index contributed by atoms with van der Waals surface area (Å²) < 4.78 is 0. The van der Waals surface area contributed by atoms with Gasteiger partial charge in [-0.2, -0.15) is 0 Å². The number of aromatic nitrogens is 2. The molecule has 0 N–H and O–H groups in total. The molecule has 0 bridgehead atoms. The van der Waals surface area contributed by atoms with Crippen LogP contribution >= 0.6 is 0 Å². The maximum absolute atomic E-state index is 4.21. The zero-order valence-corrected chi connectivity index (χ0v) is 9.75. The van der Waals surface area contributed by atoms with Gasteiger partial charge in [-0.05, 0) is 42.8 Å². The Kier molecular flexibility index (Phi) is 3.81. The third-order valence-electron chi connectivity index (χ3n) is 2.28. The van der Waals surface area contributed by atoms with Crippen LogP contribution in [0, 0.1) is 6.92 Å². The largest absolute Gasteiger partial charge is 0.262 e. The van der Waals surface area contributed by atoms with Gasteiger partial charge in [0, 0.05) is 18.1 Å². The Morgan fingerprint density at radius 2 is 1.82 bits per heavy atom. The molecule has 0 saturated heterocycles. The van der Waals surface area contributed by atoms with Crippen LogP contribution < -0.4 is 0 Å². The lowest BCUT2D eigenvalue weighted by molar-refractivity contribution is 1.20. The summed E-state index contributed by atoms with van der Waals surface area (Å²) in [5.41, 5.74) is 3.15. The molecule has 0 saturated carbocycles. The van der Waals surface area contributed by atoms with Gasteiger partial charge in [0.1, 0.15) is 0 Å². The van der Waals surface area contributed by atoms with Gasteiger partial charge >= 0.3 is 0 Å². The number of pyridine rings is 2. The molecule has 2 rings (SSSR count). The molecule has 0 fully saturated rings. The first kappa shape index (κ1) is 11.3. The summed E-state index contributed by atoms with van der Waals surface area (Å²) >= 11 is 0. The molecule has 2 heteroatoms. The fraction of sp³-hybridized carbons (Fsp3) is 0.0667. The standard InChI is InChI=1S/C15H14N2/c1-13-12-14(9-11-16-13)6-2-3-7-15-8-4-5-10-17-15/h2-12H,1H3/b6-2+,7-3+. The van der Waals surface area contributed by atoms with Gasteiger partial charge in [-0.1, -0.05) is 24.3 Å². The first-order valence-corrected chi connectivity index (χ1v) is 5.53. The predicted octanol–water partition coefficient (Wildman–Crippen LogP) is 3.51. The van der Waals surface area contributed by atoms with Crippen molar-refractivity contribution in [1.29, 1.82) is 0 Å². The van der Waals surface area contributed by atoms with Crippen molar-refractivity contribution >= 4 is 12.2 Å². The Morgan fingerprint density at radius 1 is 0.941 bits per heavy atom. The van der Waals surface area contributed by atoms with Gasteiger partial charge in [0.2, 0.25) is 0 Å². The van der Waals surface area contributed by atoms with Crippen LogP contribution in [0.25, 0.3) is 12.2 Å². The molecule has 2 aromatic heterocycles. The van der Waals surface area contributed by atoms with E-state index < -0.39 is 0 Å². The van der Waals surface area contributed by atoms with Crippen molar-refractivity contribution in [1.82, 2.24) is 9.97 Å². The summed E-state index contributed by atoms with van der Waals surface area (Å²) in [5.74, 6) is 0. The minimum Gasteiger partial charge on any atom is -0.262 e. The van der Waals surface area contributed by atoms with Crippen LogP contribution in [0.3, 0.4) is 0 Å². The molecule has 0 aromatic carbocycles. The van der Waals surface area contributed by atoms with E-state index in [1.165, 1.54) is 0 Å². The van der Waals surface area contributed by atoms with E-state index >= 15 is 0 Å². The summed E-state index contributed by atoms with van der Waals surface area (Å²) in [5, 5.41) is 0. The van der Waals surface area contributed by atoms with Gasteiger partial charge in [-0.3, -0.25) is 9.97 Å². The van der Waals surface area contributed by atoms with Crippen LogP contribution in [0.5, 0.6) is 0 Å². The van der Waals surface area contributed by atoms with E-state index in [1.807, 2.05) is 67.8 Å². The molecule has 2 nitrogen and oxygen atoms in total. The second-order valence-electron chi connectivity index (χ2n) is 3.70. The molecule has 2 aromatic rings. The number of nitrogens with zero attached hydrogens (tertiary/aromatic N) is 2. The summed E-state index contributed by atoms with van der Waals surface area (Å²) in [7, 11) is 0. The van der Waals surface area contributed by atoms with Crippen molar-refractivity contribution in [3.63, 3.8) is 0 Å². The monoisotopic (exact) mass is 222 g/mol. The van der Waals surface area contributed by atoms with E-state index in [0.717, 1.165) is 17.0 Å². The Labute approximate surface area is 101 Å². The van der Waals surface area contributed by atoms with Crippen molar-refractivity contribution in [2.45, 2.75) is 6.92 Å². The molecule has 2 heterocycles. The summed E-state index contributed by atoms with van der Waals surface area (Å²) in [4.78, 5) is 8.36. The molecule has 0 atom stereocenters. The number of rotatable bonds is 3. The Morgan fingerprint density at radius 3 is 2.59 bits per heavy atom. The Hall–Kier alpha value is -2.22. The smallest absolute Gasteiger partial charge is 0.0629 e. The normalized spacial score (nSPS) is 11.4. The Bertz CT molecular complexity index is 528. The topological polar surface area (TPSA) is 25.8 Å². The van der Waals surface area contributed by atoms with Crippen LogP contribution in [-0.2, 0) is 0 Å². The predicted molar refractivity (Wildman–Crippen MR) is 71.3 cm³/mol. The van der Waals surface area contributed by atoms with Crippen LogP contribution in [0.1, 0.15) is 17.0 Å². The fourth-order valence-corrected chi connectivity index (χ4v) is 1.47. The van der Waals surface area contributed by atoms with Gasteiger partial charge in [0.25, 0.3) is 0 Å². The molecule has 0 aliphatic rings. The second-order valence-corrected chi connectivity index (χ2v) is 3.70. The van der Waals surface area contributed by atoms with Crippen molar-refractivity contribution in [2.24, 2.45) is 0 Å². The maximum atomic E-state index is 4.21. The van der Waals surface area contributed by atoms with Crippen LogP contribution in [0.2, 0.25) is 0 Å². The third-order valence-corrected chi connectivity index (χ3v) is 2.28. The first-order chi connectivity index (χ1) is 8.34. The maximum Gasteiger partial charge on any atom is 0.0629 e. The SMILES string of the molecule is Cc1cc(/C=C/C=C/c2ccccn2)ccn1. The van der Waals surface area contributed by atoms with Gasteiger partial charge in [-0.15, -0.1) is 0 Å². The van der Waals surface area contributed by atoms with E-state index in [4.69, 9.17) is 0 Å². The van der Waals surface area contributed by atoms with E-state index in [2.05, 4.69) is 9.97 Å². The van der Waals surface area contributed by atoms with Crippen molar-refractivity contribution in [3.8, 4) is 0 Å². The molecule has 0 aliphatic carbocycles. The van der Waals surface area contributed by atoms with E-state index in [9.17, 15) is 0 Å². The van der Waals surface area contributed by atoms with Gasteiger partial charge < -0.3 is 0 Å². The van der Waals surface area contributed by atoms with Crippen molar-refractivity contribution in [3.05, 3.63) is 71.8 Å². The van der Waals surface area contributed by atoms with Gasteiger partial charge in [0.05, 0.1) is 5.69 Å². The quantitative estimate of drug-likeness (QED) is 0.743. The zero-order chi connectivity index (χ0) is 11.9. The van der Waals surface area contributed by atoms with Crippen LogP contribution in [-0.4, -0.2) is 9.97 Å². The van der Waals surface area contributed by atoms with E-state index in [-0.39, 0.29) is 0 Å². The van der Waals surface area contributed by atoms with E-state index in [1.54, 1.807) is 6.20 Å². The summed E-state index contributed by atoms with van der Waals surface area (Å²) in [6.07, 6.45) is 11.6. The van der Waals surface area contributed by atoms with Gasteiger partial charge in [0.15, 0.2) is 0 Å². The zero-order valence-electron chi connectivity index (χ0n) is 9.75. The number of hydrogen-bond donors (Lipinski definition) is 0. The minimum absolute atomic E-state index is 0.961. The molecular formula is C15H14N2. The lowest BCUT2D eigenvalue weighted by Gasteiger charge is -1.93. The lowest BCUT2D eigenvalue weighted by Crippen LogP contribution is -1.79. The van der Waals surface area contributed by atoms with Crippen molar-refractivity contribution < 1.29 is 0 Å². The molecule has 0 unspecified atom stereocenters. The molecule has 17 heavy (non-hydrogen) atoms. The highest BCUT2D eigenvalue weighted by Gasteiger charge is 1.87. The Balaban J connectivity index is 2.01. The molecule has 0 amide bonds.